The van der Waals surface area contributed by atoms with Crippen molar-refractivity contribution < 1.29 is 0 Å². The van der Waals surface area contributed by atoms with Crippen molar-refractivity contribution in [3.63, 3.8) is 0 Å². The smallest absolute Gasteiger partial charge is 0.00766 e. The van der Waals surface area contributed by atoms with Gasteiger partial charge >= 0.3 is 0 Å². The molecule has 0 radical (unpaired) electrons. The lowest BCUT2D eigenvalue weighted by Gasteiger charge is -2.07. The normalized spacial score (nSPS) is 12.9. The Kier molecular flexibility index (Phi) is 3.12. The Morgan fingerprint density at radius 2 is 1.91 bits per heavy atom. The Balaban J connectivity index is 2.51. The van der Waals surface area contributed by atoms with E-state index in [1.54, 1.807) is 0 Å². The number of nitrogens with two attached hydrogens (primary N) is 1. The molecule has 0 saturated heterocycles. The zero-order valence-corrected chi connectivity index (χ0v) is 6.96. The molecule has 0 heterocycles. The molecular formula is C10H15N. The SMILES string of the molecule is CC[C@@H](N)Cc1ccccc1. The third-order valence-corrected chi connectivity index (χ3v) is 1.87. The molecule has 0 bridgehead atoms. The van der Waals surface area contributed by atoms with Gasteiger partial charge in [0.1, 0.15) is 0 Å². The second-order valence-corrected chi connectivity index (χ2v) is 2.86. The molecule has 1 heteroatoms. The molecule has 2 N–H and O–H groups in total. The zero-order valence-electron chi connectivity index (χ0n) is 6.96. The summed E-state index contributed by atoms with van der Waals surface area (Å²) < 4.78 is 0. The van der Waals surface area contributed by atoms with E-state index in [1.807, 2.05) is 6.07 Å². The van der Waals surface area contributed by atoms with Gasteiger partial charge in [-0.25, -0.2) is 0 Å². The van der Waals surface area contributed by atoms with Crippen LogP contribution in [0.4, 0.5) is 0 Å². The first-order chi connectivity index (χ1) is 5.33. The maximum absolute atomic E-state index is 5.80. The quantitative estimate of drug-likeness (QED) is 0.698. The molecule has 1 rings (SSSR count). The molecule has 0 aliphatic carbocycles. The first-order valence-electron chi connectivity index (χ1n) is 4.12. The van der Waals surface area contributed by atoms with Crippen molar-refractivity contribution in [3.05, 3.63) is 35.9 Å². The minimum absolute atomic E-state index is 0.317. The van der Waals surface area contributed by atoms with Crippen molar-refractivity contribution in [2.24, 2.45) is 5.73 Å². The molecule has 0 aliphatic rings. The zero-order chi connectivity index (χ0) is 8.10. The van der Waals surface area contributed by atoms with Crippen LogP contribution >= 0.6 is 0 Å². The van der Waals surface area contributed by atoms with Crippen molar-refractivity contribution in [2.45, 2.75) is 25.8 Å². The van der Waals surface area contributed by atoms with Crippen LogP contribution in [0.15, 0.2) is 30.3 Å². The van der Waals surface area contributed by atoms with Crippen LogP contribution in [0.25, 0.3) is 0 Å². The molecule has 1 aromatic carbocycles. The lowest BCUT2D eigenvalue weighted by Crippen LogP contribution is -2.21. The summed E-state index contributed by atoms with van der Waals surface area (Å²) in [6.07, 6.45) is 2.05. The van der Waals surface area contributed by atoms with E-state index in [-0.39, 0.29) is 0 Å². The van der Waals surface area contributed by atoms with Gasteiger partial charge in [0.25, 0.3) is 0 Å². The molecule has 1 nitrogen and oxygen atoms in total. The molecular weight excluding hydrogens is 134 g/mol. The highest BCUT2D eigenvalue weighted by molar-refractivity contribution is 5.15. The van der Waals surface area contributed by atoms with Gasteiger partial charge in [-0.1, -0.05) is 37.3 Å². The van der Waals surface area contributed by atoms with Gasteiger partial charge in [-0.15, -0.1) is 0 Å². The average Bonchev–Trinajstić information content (AvgIpc) is 2.06. The highest BCUT2D eigenvalue weighted by Gasteiger charge is 1.98. The summed E-state index contributed by atoms with van der Waals surface area (Å²) >= 11 is 0. The van der Waals surface area contributed by atoms with Crippen molar-refractivity contribution in [2.75, 3.05) is 0 Å². The van der Waals surface area contributed by atoms with E-state index in [4.69, 9.17) is 5.73 Å². The molecule has 0 aromatic heterocycles. The molecule has 0 fully saturated rings. The van der Waals surface area contributed by atoms with Crippen LogP contribution in [0.3, 0.4) is 0 Å². The molecule has 0 saturated carbocycles. The summed E-state index contributed by atoms with van der Waals surface area (Å²) in [5.74, 6) is 0. The van der Waals surface area contributed by atoms with Crippen LogP contribution in [0.5, 0.6) is 0 Å². The van der Waals surface area contributed by atoms with Gasteiger partial charge in [0.05, 0.1) is 0 Å². The molecule has 0 spiro atoms. The number of rotatable bonds is 3. The summed E-state index contributed by atoms with van der Waals surface area (Å²) in [6.45, 7) is 2.12. The number of hydrogen-bond acceptors (Lipinski definition) is 1. The van der Waals surface area contributed by atoms with Crippen LogP contribution in [0, 0.1) is 0 Å². The first kappa shape index (κ1) is 8.28. The third kappa shape index (κ3) is 2.72. The summed E-state index contributed by atoms with van der Waals surface area (Å²) in [7, 11) is 0. The molecule has 1 aromatic rings. The van der Waals surface area contributed by atoms with E-state index in [0.29, 0.717) is 6.04 Å². The van der Waals surface area contributed by atoms with E-state index in [1.165, 1.54) is 5.56 Å². The van der Waals surface area contributed by atoms with Crippen molar-refractivity contribution in [1.82, 2.24) is 0 Å². The van der Waals surface area contributed by atoms with Gasteiger partial charge in [0, 0.05) is 6.04 Å². The van der Waals surface area contributed by atoms with E-state index in [9.17, 15) is 0 Å². The minimum Gasteiger partial charge on any atom is -0.327 e. The van der Waals surface area contributed by atoms with Crippen molar-refractivity contribution >= 4 is 0 Å². The maximum Gasteiger partial charge on any atom is 0.00766 e. The van der Waals surface area contributed by atoms with E-state index in [2.05, 4.69) is 31.2 Å². The average molecular weight is 149 g/mol. The lowest BCUT2D eigenvalue weighted by atomic mass is 10.1. The topological polar surface area (TPSA) is 26.0 Å². The Morgan fingerprint density at radius 3 is 2.45 bits per heavy atom. The van der Waals surface area contributed by atoms with Gasteiger partial charge in [0.2, 0.25) is 0 Å². The fraction of sp³-hybridized carbons (Fsp3) is 0.400. The van der Waals surface area contributed by atoms with Gasteiger partial charge in [0.15, 0.2) is 0 Å². The van der Waals surface area contributed by atoms with Crippen LogP contribution in [-0.4, -0.2) is 6.04 Å². The van der Waals surface area contributed by atoms with Crippen molar-refractivity contribution in [1.29, 1.82) is 0 Å². The highest BCUT2D eigenvalue weighted by atomic mass is 14.6. The van der Waals surface area contributed by atoms with Crippen LogP contribution in [0.2, 0.25) is 0 Å². The summed E-state index contributed by atoms with van der Waals surface area (Å²) in [4.78, 5) is 0. The van der Waals surface area contributed by atoms with Gasteiger partial charge in [-0.3, -0.25) is 0 Å². The van der Waals surface area contributed by atoms with Gasteiger partial charge < -0.3 is 5.73 Å². The van der Waals surface area contributed by atoms with E-state index >= 15 is 0 Å². The van der Waals surface area contributed by atoms with Crippen LogP contribution in [0.1, 0.15) is 18.9 Å². The first-order valence-corrected chi connectivity index (χ1v) is 4.12. The minimum atomic E-state index is 0.317. The molecule has 0 unspecified atom stereocenters. The van der Waals surface area contributed by atoms with Gasteiger partial charge in [-0.05, 0) is 18.4 Å². The van der Waals surface area contributed by atoms with Gasteiger partial charge in [-0.2, -0.15) is 0 Å². The third-order valence-electron chi connectivity index (χ3n) is 1.87. The summed E-state index contributed by atoms with van der Waals surface area (Å²) in [6, 6.07) is 10.7. The Morgan fingerprint density at radius 1 is 1.27 bits per heavy atom. The van der Waals surface area contributed by atoms with E-state index < -0.39 is 0 Å². The highest BCUT2D eigenvalue weighted by Crippen LogP contribution is 2.02. The predicted molar refractivity (Wildman–Crippen MR) is 48.4 cm³/mol. The maximum atomic E-state index is 5.80. The fourth-order valence-corrected chi connectivity index (χ4v) is 1.06. The van der Waals surface area contributed by atoms with Crippen LogP contribution in [-0.2, 0) is 6.42 Å². The Bertz CT molecular complexity index is 193. The Hall–Kier alpha value is -0.820. The largest absolute Gasteiger partial charge is 0.327 e. The molecule has 1 atom stereocenters. The summed E-state index contributed by atoms with van der Waals surface area (Å²) in [5, 5.41) is 0. The number of hydrogen-bond donors (Lipinski definition) is 1. The molecule has 60 valence electrons. The second kappa shape index (κ2) is 4.14. The fourth-order valence-electron chi connectivity index (χ4n) is 1.06. The second-order valence-electron chi connectivity index (χ2n) is 2.86. The van der Waals surface area contributed by atoms with Crippen LogP contribution < -0.4 is 5.73 Å². The predicted octanol–water partition coefficient (Wildman–Crippen LogP) is 1.97. The van der Waals surface area contributed by atoms with Crippen molar-refractivity contribution in [3.8, 4) is 0 Å². The molecule has 0 aliphatic heterocycles. The monoisotopic (exact) mass is 149 g/mol. The molecule has 0 amide bonds. The Labute approximate surface area is 68.2 Å². The molecule has 11 heavy (non-hydrogen) atoms. The lowest BCUT2D eigenvalue weighted by molar-refractivity contribution is 0.646. The summed E-state index contributed by atoms with van der Waals surface area (Å²) in [5.41, 5.74) is 7.14. The van der Waals surface area contributed by atoms with E-state index in [0.717, 1.165) is 12.8 Å². The number of benzene rings is 1. The standard InChI is InChI=1S/C10H15N/c1-2-10(11)8-9-6-4-3-5-7-9/h3-7,10H,2,8,11H2,1H3/t10-/m1/s1.